The van der Waals surface area contributed by atoms with Gasteiger partial charge in [-0.25, -0.2) is 0 Å². The van der Waals surface area contributed by atoms with Crippen LogP contribution in [0.5, 0.6) is 0 Å². The molecular formula is C26H24F3N3O2. The molecule has 0 unspecified atom stereocenters. The molecule has 0 bridgehead atoms. The molecule has 0 spiro atoms. The van der Waals surface area contributed by atoms with E-state index in [9.17, 15) is 22.8 Å². The van der Waals surface area contributed by atoms with E-state index in [1.165, 1.54) is 23.1 Å². The van der Waals surface area contributed by atoms with Crippen LogP contribution in [0.3, 0.4) is 0 Å². The number of nitrogens with zero attached hydrogens (tertiary/aromatic N) is 2. The third-order valence-corrected chi connectivity index (χ3v) is 5.78. The minimum Gasteiger partial charge on any atom is -0.336 e. The second-order valence-corrected chi connectivity index (χ2v) is 8.13. The Bertz CT molecular complexity index is 1140. The van der Waals surface area contributed by atoms with Crippen LogP contribution in [0.4, 0.5) is 18.9 Å². The summed E-state index contributed by atoms with van der Waals surface area (Å²) in [7, 11) is 0. The summed E-state index contributed by atoms with van der Waals surface area (Å²) in [5.74, 6) is -0.787. The number of piperazine rings is 1. The third-order valence-electron chi connectivity index (χ3n) is 5.78. The van der Waals surface area contributed by atoms with Crippen molar-refractivity contribution in [1.82, 2.24) is 9.80 Å². The van der Waals surface area contributed by atoms with E-state index < -0.39 is 17.6 Å². The average Bonchev–Trinajstić information content (AvgIpc) is 2.84. The van der Waals surface area contributed by atoms with Gasteiger partial charge in [-0.2, -0.15) is 13.2 Å². The highest BCUT2D eigenvalue weighted by molar-refractivity contribution is 6.04. The normalized spacial score (nSPS) is 14.6. The lowest BCUT2D eigenvalue weighted by Gasteiger charge is -2.35. The molecule has 4 rings (SSSR count). The number of alkyl halides is 3. The first kappa shape index (κ1) is 23.5. The molecule has 1 fully saturated rings. The molecule has 8 heteroatoms. The summed E-state index contributed by atoms with van der Waals surface area (Å²) in [6.07, 6.45) is -4.57. The first-order valence-electron chi connectivity index (χ1n) is 10.9. The molecule has 1 heterocycles. The predicted octanol–water partition coefficient (Wildman–Crippen LogP) is 4.92. The Balaban J connectivity index is 1.31. The number of nitrogens with one attached hydrogen (secondary N) is 1. The van der Waals surface area contributed by atoms with E-state index in [0.717, 1.165) is 17.3 Å². The lowest BCUT2D eigenvalue weighted by atomic mass is 10.1. The fourth-order valence-electron chi connectivity index (χ4n) is 3.94. The molecule has 0 radical (unpaired) electrons. The van der Waals surface area contributed by atoms with E-state index in [2.05, 4.69) is 10.2 Å². The summed E-state index contributed by atoms with van der Waals surface area (Å²) in [4.78, 5) is 28.7. The zero-order valence-corrected chi connectivity index (χ0v) is 18.4. The minimum atomic E-state index is -4.57. The van der Waals surface area contributed by atoms with Crippen molar-refractivity contribution in [3.05, 3.63) is 101 Å². The summed E-state index contributed by atoms with van der Waals surface area (Å²) in [5, 5.41) is 2.84. The Hall–Kier alpha value is -3.65. The van der Waals surface area contributed by atoms with Crippen LogP contribution in [-0.4, -0.2) is 47.8 Å². The van der Waals surface area contributed by atoms with Crippen molar-refractivity contribution in [3.63, 3.8) is 0 Å². The minimum absolute atomic E-state index is 0.191. The predicted molar refractivity (Wildman–Crippen MR) is 123 cm³/mol. The van der Waals surface area contributed by atoms with Crippen LogP contribution in [0.15, 0.2) is 78.9 Å². The van der Waals surface area contributed by atoms with Crippen molar-refractivity contribution in [3.8, 4) is 0 Å². The summed E-state index contributed by atoms with van der Waals surface area (Å²) in [5.41, 5.74) is 1.07. The molecule has 1 N–H and O–H groups in total. The maximum atomic E-state index is 13.3. The molecule has 0 atom stereocenters. The molecule has 0 aromatic heterocycles. The fourth-order valence-corrected chi connectivity index (χ4v) is 3.94. The number of halogens is 3. The third kappa shape index (κ3) is 5.63. The maximum absolute atomic E-state index is 13.3. The monoisotopic (exact) mass is 467 g/mol. The number of rotatable bonds is 5. The molecule has 3 aromatic carbocycles. The molecule has 0 aliphatic carbocycles. The molecule has 1 aliphatic rings. The molecule has 34 heavy (non-hydrogen) atoms. The van der Waals surface area contributed by atoms with E-state index >= 15 is 0 Å². The fraction of sp³-hybridized carbons (Fsp3) is 0.231. The van der Waals surface area contributed by atoms with Gasteiger partial charge >= 0.3 is 6.18 Å². The quantitative estimate of drug-likeness (QED) is 0.580. The number of carbonyl (C=O) groups is 2. The van der Waals surface area contributed by atoms with E-state index in [1.807, 2.05) is 42.5 Å². The zero-order chi connectivity index (χ0) is 24.1. The van der Waals surface area contributed by atoms with Crippen molar-refractivity contribution in [2.45, 2.75) is 12.7 Å². The van der Waals surface area contributed by atoms with Crippen LogP contribution in [-0.2, 0) is 12.7 Å². The highest BCUT2D eigenvalue weighted by atomic mass is 19.4. The van der Waals surface area contributed by atoms with E-state index in [-0.39, 0.29) is 11.5 Å². The molecule has 1 aliphatic heterocycles. The van der Waals surface area contributed by atoms with Crippen LogP contribution in [0.25, 0.3) is 0 Å². The first-order valence-corrected chi connectivity index (χ1v) is 10.9. The smallest absolute Gasteiger partial charge is 0.336 e. The zero-order valence-electron chi connectivity index (χ0n) is 18.4. The second-order valence-electron chi connectivity index (χ2n) is 8.13. The summed E-state index contributed by atoms with van der Waals surface area (Å²) in [6, 6.07) is 21.4. The SMILES string of the molecule is O=C(Nc1ccccc1)c1ccc(CN2CCN(C(=O)c3ccccc3C(F)(F)F)CC2)cc1. The Morgan fingerprint density at radius 2 is 1.41 bits per heavy atom. The molecule has 3 aromatic rings. The van der Waals surface area contributed by atoms with E-state index in [1.54, 1.807) is 12.1 Å². The van der Waals surface area contributed by atoms with Gasteiger partial charge in [-0.05, 0) is 42.0 Å². The number of amides is 2. The van der Waals surface area contributed by atoms with Gasteiger partial charge in [0.2, 0.25) is 0 Å². The Morgan fingerprint density at radius 1 is 0.794 bits per heavy atom. The van der Waals surface area contributed by atoms with Gasteiger partial charge in [0.05, 0.1) is 11.1 Å². The van der Waals surface area contributed by atoms with Gasteiger partial charge in [-0.3, -0.25) is 14.5 Å². The lowest BCUT2D eigenvalue weighted by molar-refractivity contribution is -0.138. The van der Waals surface area contributed by atoms with E-state index in [0.29, 0.717) is 38.3 Å². The summed E-state index contributed by atoms with van der Waals surface area (Å²) >= 11 is 0. The van der Waals surface area contributed by atoms with Gasteiger partial charge in [-0.1, -0.05) is 42.5 Å². The van der Waals surface area contributed by atoms with Crippen molar-refractivity contribution >= 4 is 17.5 Å². The van der Waals surface area contributed by atoms with Crippen molar-refractivity contribution in [1.29, 1.82) is 0 Å². The molecular weight excluding hydrogens is 443 g/mol. The number of hydrogen-bond donors (Lipinski definition) is 1. The van der Waals surface area contributed by atoms with Crippen molar-refractivity contribution in [2.75, 3.05) is 31.5 Å². The molecule has 2 amide bonds. The highest BCUT2D eigenvalue weighted by Crippen LogP contribution is 2.32. The average molecular weight is 467 g/mol. The van der Waals surface area contributed by atoms with Gasteiger partial charge < -0.3 is 10.2 Å². The summed E-state index contributed by atoms with van der Waals surface area (Å²) < 4.78 is 39.8. The second kappa shape index (κ2) is 10.1. The van der Waals surface area contributed by atoms with Crippen LogP contribution in [0, 0.1) is 0 Å². The number of hydrogen-bond acceptors (Lipinski definition) is 3. The highest BCUT2D eigenvalue weighted by Gasteiger charge is 2.36. The molecule has 1 saturated heterocycles. The molecule has 176 valence electrons. The largest absolute Gasteiger partial charge is 0.417 e. The van der Waals surface area contributed by atoms with Crippen molar-refractivity contribution in [2.24, 2.45) is 0 Å². The van der Waals surface area contributed by atoms with Gasteiger partial charge in [0.15, 0.2) is 0 Å². The molecule has 0 saturated carbocycles. The summed E-state index contributed by atoms with van der Waals surface area (Å²) in [6.45, 7) is 2.43. The van der Waals surface area contributed by atoms with Gasteiger partial charge in [-0.15, -0.1) is 0 Å². The molecule has 5 nitrogen and oxygen atoms in total. The number of para-hydroxylation sites is 1. The van der Waals surface area contributed by atoms with Gasteiger partial charge in [0.1, 0.15) is 0 Å². The van der Waals surface area contributed by atoms with Crippen LogP contribution < -0.4 is 5.32 Å². The Labute approximate surface area is 195 Å². The number of benzene rings is 3. The van der Waals surface area contributed by atoms with Gasteiger partial charge in [0, 0.05) is 44.0 Å². The van der Waals surface area contributed by atoms with E-state index in [4.69, 9.17) is 0 Å². The van der Waals surface area contributed by atoms with Gasteiger partial charge in [0.25, 0.3) is 11.8 Å². The topological polar surface area (TPSA) is 52.7 Å². The lowest BCUT2D eigenvalue weighted by Crippen LogP contribution is -2.48. The maximum Gasteiger partial charge on any atom is 0.417 e. The van der Waals surface area contributed by atoms with Crippen LogP contribution >= 0.6 is 0 Å². The standard InChI is InChI=1S/C26H24F3N3O2/c27-26(28,29)23-9-5-4-8-22(23)25(34)32-16-14-31(15-17-32)18-19-10-12-20(13-11-19)24(33)30-21-6-2-1-3-7-21/h1-13H,14-18H2,(H,30,33). The van der Waals surface area contributed by atoms with Crippen LogP contribution in [0.1, 0.15) is 31.8 Å². The Kier molecular flexibility index (Phi) is 6.98. The van der Waals surface area contributed by atoms with Crippen molar-refractivity contribution < 1.29 is 22.8 Å². The van der Waals surface area contributed by atoms with Crippen LogP contribution in [0.2, 0.25) is 0 Å². The Morgan fingerprint density at radius 3 is 2.06 bits per heavy atom. The number of carbonyl (C=O) groups excluding carboxylic acids is 2. The first-order chi connectivity index (χ1) is 16.3. The number of anilines is 1.